The molecule has 5 nitrogen and oxygen atoms in total. The van der Waals surface area contributed by atoms with Crippen molar-refractivity contribution in [3.05, 3.63) is 130 Å². The zero-order chi connectivity index (χ0) is 23.3. The Labute approximate surface area is 205 Å². The standard InChI is InChI=1S/C27H19N3O2S2/c31-30(32)23-14-11-19(12-15-23)18-28-22-13-16-24-25(17-22)33-27(29-24)34-26(20-7-3-1-4-8-20)21-9-5-2-6-10-21/h1-18,26H. The number of non-ortho nitro benzene ring substituents is 1. The number of hydrogen-bond donors (Lipinski definition) is 0. The van der Waals surface area contributed by atoms with Gasteiger partial charge in [-0.25, -0.2) is 4.98 Å². The average molecular weight is 482 g/mol. The van der Waals surface area contributed by atoms with Gasteiger partial charge in [0, 0.05) is 18.3 Å². The van der Waals surface area contributed by atoms with Crippen molar-refractivity contribution in [2.24, 2.45) is 4.99 Å². The lowest BCUT2D eigenvalue weighted by Gasteiger charge is -2.16. The number of thiazole rings is 1. The van der Waals surface area contributed by atoms with Crippen LogP contribution < -0.4 is 0 Å². The molecule has 0 aliphatic carbocycles. The molecule has 4 aromatic carbocycles. The largest absolute Gasteiger partial charge is 0.269 e. The van der Waals surface area contributed by atoms with Crippen LogP contribution in [0.3, 0.4) is 0 Å². The Morgan fingerprint density at radius 1 is 0.882 bits per heavy atom. The number of benzene rings is 4. The molecule has 0 unspecified atom stereocenters. The second-order valence-electron chi connectivity index (χ2n) is 7.56. The van der Waals surface area contributed by atoms with Gasteiger partial charge < -0.3 is 0 Å². The van der Waals surface area contributed by atoms with Crippen molar-refractivity contribution in [2.45, 2.75) is 9.59 Å². The summed E-state index contributed by atoms with van der Waals surface area (Å²) in [5.41, 5.74) is 5.12. The van der Waals surface area contributed by atoms with Crippen LogP contribution in [0.2, 0.25) is 0 Å². The Balaban J connectivity index is 1.39. The van der Waals surface area contributed by atoms with E-state index in [1.807, 2.05) is 30.3 Å². The Morgan fingerprint density at radius 2 is 1.53 bits per heavy atom. The van der Waals surface area contributed by atoms with Crippen LogP contribution in [-0.2, 0) is 0 Å². The summed E-state index contributed by atoms with van der Waals surface area (Å²) in [6.07, 6.45) is 1.71. The first-order chi connectivity index (χ1) is 16.7. The molecule has 1 aromatic heterocycles. The second-order valence-corrected chi connectivity index (χ2v) is 9.94. The topological polar surface area (TPSA) is 68.4 Å². The van der Waals surface area contributed by atoms with Crippen LogP contribution in [-0.4, -0.2) is 16.1 Å². The highest BCUT2D eigenvalue weighted by Crippen LogP contribution is 2.43. The number of aliphatic imine (C=N–C) groups is 1. The van der Waals surface area contributed by atoms with E-state index < -0.39 is 4.92 Å². The number of nitro benzene ring substituents is 1. The molecule has 34 heavy (non-hydrogen) atoms. The van der Waals surface area contributed by atoms with Crippen molar-refractivity contribution in [1.29, 1.82) is 0 Å². The molecule has 0 saturated carbocycles. The normalized spacial score (nSPS) is 11.4. The number of thioether (sulfide) groups is 1. The van der Waals surface area contributed by atoms with Crippen molar-refractivity contribution in [3.63, 3.8) is 0 Å². The summed E-state index contributed by atoms with van der Waals surface area (Å²) in [4.78, 5) is 19.8. The van der Waals surface area contributed by atoms with Crippen LogP contribution in [0.25, 0.3) is 10.2 Å². The molecule has 0 aliphatic heterocycles. The molecule has 0 radical (unpaired) electrons. The summed E-state index contributed by atoms with van der Waals surface area (Å²) < 4.78 is 2.07. The van der Waals surface area contributed by atoms with Gasteiger partial charge in [0.05, 0.1) is 26.1 Å². The zero-order valence-electron chi connectivity index (χ0n) is 17.9. The van der Waals surface area contributed by atoms with Gasteiger partial charge in [-0.15, -0.1) is 11.3 Å². The highest BCUT2D eigenvalue weighted by atomic mass is 32.2. The third-order valence-corrected chi connectivity index (χ3v) is 7.67. The maximum Gasteiger partial charge on any atom is 0.269 e. The molecule has 0 atom stereocenters. The van der Waals surface area contributed by atoms with Gasteiger partial charge in [0.15, 0.2) is 4.34 Å². The lowest BCUT2D eigenvalue weighted by Crippen LogP contribution is -1.96. The van der Waals surface area contributed by atoms with E-state index in [1.165, 1.54) is 23.3 Å². The maximum atomic E-state index is 10.8. The van der Waals surface area contributed by atoms with Crippen LogP contribution in [0.5, 0.6) is 0 Å². The maximum absolute atomic E-state index is 10.8. The lowest BCUT2D eigenvalue weighted by atomic mass is 10.0. The molecular formula is C27H19N3O2S2. The molecular weight excluding hydrogens is 462 g/mol. The van der Waals surface area contributed by atoms with E-state index in [9.17, 15) is 10.1 Å². The quantitative estimate of drug-likeness (QED) is 0.103. The minimum absolute atomic E-state index is 0.0672. The third kappa shape index (κ3) is 5.06. The summed E-state index contributed by atoms with van der Waals surface area (Å²) in [6, 6.07) is 33.3. The summed E-state index contributed by atoms with van der Waals surface area (Å²) in [5.74, 6) is 0. The monoisotopic (exact) mass is 481 g/mol. The average Bonchev–Trinajstić information content (AvgIpc) is 3.29. The number of aromatic nitrogens is 1. The molecule has 5 aromatic rings. The second kappa shape index (κ2) is 9.99. The van der Waals surface area contributed by atoms with Crippen LogP contribution in [0.15, 0.2) is 112 Å². The van der Waals surface area contributed by atoms with Gasteiger partial charge in [-0.1, -0.05) is 72.4 Å². The SMILES string of the molecule is O=[N+]([O-])c1ccc(C=Nc2ccc3nc(SC(c4ccccc4)c4ccccc4)sc3c2)cc1. The fraction of sp³-hybridized carbons (Fsp3) is 0.0370. The molecule has 0 saturated heterocycles. The lowest BCUT2D eigenvalue weighted by molar-refractivity contribution is -0.384. The molecule has 0 aliphatic rings. The molecule has 7 heteroatoms. The van der Waals surface area contributed by atoms with E-state index in [2.05, 4.69) is 53.5 Å². The van der Waals surface area contributed by atoms with E-state index >= 15 is 0 Å². The predicted octanol–water partition coefficient (Wildman–Crippen LogP) is 7.84. The summed E-state index contributed by atoms with van der Waals surface area (Å²) in [7, 11) is 0. The van der Waals surface area contributed by atoms with E-state index in [0.717, 1.165) is 25.8 Å². The highest BCUT2D eigenvalue weighted by Gasteiger charge is 2.18. The van der Waals surface area contributed by atoms with E-state index in [1.54, 1.807) is 41.4 Å². The fourth-order valence-corrected chi connectivity index (χ4v) is 5.96. The first-order valence-electron chi connectivity index (χ1n) is 10.6. The minimum atomic E-state index is -0.408. The first-order valence-corrected chi connectivity index (χ1v) is 12.3. The number of nitrogens with zero attached hydrogens (tertiary/aromatic N) is 3. The summed E-state index contributed by atoms with van der Waals surface area (Å²) in [5, 5.41) is 11.0. The molecule has 166 valence electrons. The van der Waals surface area contributed by atoms with E-state index in [-0.39, 0.29) is 10.9 Å². The molecule has 0 N–H and O–H groups in total. The molecule has 0 fully saturated rings. The first kappa shape index (κ1) is 22.0. The number of nitro groups is 1. The summed E-state index contributed by atoms with van der Waals surface area (Å²) >= 11 is 3.41. The Kier molecular flexibility index (Phi) is 6.46. The number of rotatable bonds is 7. The number of fused-ring (bicyclic) bond motifs is 1. The molecule has 0 bridgehead atoms. The fourth-order valence-electron chi connectivity index (χ4n) is 3.54. The summed E-state index contributed by atoms with van der Waals surface area (Å²) in [6.45, 7) is 0. The smallest absolute Gasteiger partial charge is 0.258 e. The molecule has 1 heterocycles. The molecule has 0 spiro atoms. The van der Waals surface area contributed by atoms with Crippen molar-refractivity contribution in [2.75, 3.05) is 0 Å². The predicted molar refractivity (Wildman–Crippen MR) is 141 cm³/mol. The number of hydrogen-bond acceptors (Lipinski definition) is 6. The van der Waals surface area contributed by atoms with Crippen LogP contribution >= 0.6 is 23.1 Å². The van der Waals surface area contributed by atoms with Gasteiger partial charge >= 0.3 is 0 Å². The molecule has 0 amide bonds. The van der Waals surface area contributed by atoms with Gasteiger partial charge in [-0.3, -0.25) is 15.1 Å². The Bertz CT molecular complexity index is 1410. The zero-order valence-corrected chi connectivity index (χ0v) is 19.6. The van der Waals surface area contributed by atoms with Crippen molar-refractivity contribution < 1.29 is 4.92 Å². The Hall–Kier alpha value is -3.81. The van der Waals surface area contributed by atoms with Crippen molar-refractivity contribution >= 4 is 50.9 Å². The highest BCUT2D eigenvalue weighted by molar-refractivity contribution is 8.01. The van der Waals surface area contributed by atoms with Crippen molar-refractivity contribution in [1.82, 2.24) is 4.98 Å². The minimum Gasteiger partial charge on any atom is -0.258 e. The van der Waals surface area contributed by atoms with Crippen LogP contribution in [0, 0.1) is 10.1 Å². The van der Waals surface area contributed by atoms with Crippen molar-refractivity contribution in [3.8, 4) is 0 Å². The van der Waals surface area contributed by atoms with Gasteiger partial charge in [0.2, 0.25) is 0 Å². The van der Waals surface area contributed by atoms with Gasteiger partial charge in [-0.05, 0) is 47.0 Å². The van der Waals surface area contributed by atoms with E-state index in [4.69, 9.17) is 4.98 Å². The van der Waals surface area contributed by atoms with Gasteiger partial charge in [0.25, 0.3) is 5.69 Å². The third-order valence-electron chi connectivity index (χ3n) is 5.24. The Morgan fingerprint density at radius 3 is 2.15 bits per heavy atom. The van der Waals surface area contributed by atoms with Gasteiger partial charge in [0.1, 0.15) is 0 Å². The van der Waals surface area contributed by atoms with Crippen LogP contribution in [0.4, 0.5) is 11.4 Å². The van der Waals surface area contributed by atoms with Gasteiger partial charge in [-0.2, -0.15) is 0 Å². The molecule has 5 rings (SSSR count). The van der Waals surface area contributed by atoms with Crippen LogP contribution in [0.1, 0.15) is 21.9 Å². The van der Waals surface area contributed by atoms with E-state index in [0.29, 0.717) is 0 Å².